The lowest BCUT2D eigenvalue weighted by atomic mass is 9.78. The van der Waals surface area contributed by atoms with Crippen molar-refractivity contribution in [2.45, 2.75) is 30.8 Å². The average molecular weight is 303 g/mol. The molecule has 1 N–H and O–H groups in total. The molecule has 4 rings (SSSR count). The summed E-state index contributed by atoms with van der Waals surface area (Å²) in [5.74, 6) is 2.88. The Morgan fingerprint density at radius 2 is 2.29 bits per heavy atom. The lowest BCUT2D eigenvalue weighted by Gasteiger charge is -2.37. The van der Waals surface area contributed by atoms with Crippen molar-refractivity contribution < 1.29 is 9.53 Å². The second-order valence-corrected chi connectivity index (χ2v) is 7.55. The number of carbonyl (C=O) groups is 1. The van der Waals surface area contributed by atoms with E-state index in [2.05, 4.69) is 17.4 Å². The van der Waals surface area contributed by atoms with Gasteiger partial charge in [-0.05, 0) is 36.6 Å². The van der Waals surface area contributed by atoms with E-state index in [-0.39, 0.29) is 17.4 Å². The summed E-state index contributed by atoms with van der Waals surface area (Å²) in [5, 5.41) is 3.38. The van der Waals surface area contributed by atoms with Crippen LogP contribution in [0.25, 0.3) is 0 Å². The van der Waals surface area contributed by atoms with Gasteiger partial charge < -0.3 is 10.1 Å². The van der Waals surface area contributed by atoms with E-state index in [9.17, 15) is 4.79 Å². The first-order chi connectivity index (χ1) is 10.3. The standard InChI is InChI=1S/C17H21NO2S/c19-16(14-10-18-15-4-2-1-3-13(14)15)12-5-7-20-17(9-12)6-8-21-11-17/h1-4,12,14,18H,5-11H2. The first-order valence-corrected chi connectivity index (χ1v) is 9.01. The molecule has 3 aliphatic heterocycles. The number of ether oxygens (including phenoxy) is 1. The molecule has 3 heterocycles. The molecule has 3 atom stereocenters. The maximum Gasteiger partial charge on any atom is 0.145 e. The van der Waals surface area contributed by atoms with Gasteiger partial charge >= 0.3 is 0 Å². The van der Waals surface area contributed by atoms with Gasteiger partial charge in [0.05, 0.1) is 11.5 Å². The van der Waals surface area contributed by atoms with Crippen LogP contribution < -0.4 is 5.32 Å². The summed E-state index contributed by atoms with van der Waals surface area (Å²) in [7, 11) is 0. The van der Waals surface area contributed by atoms with E-state index in [0.29, 0.717) is 5.78 Å². The van der Waals surface area contributed by atoms with Crippen LogP contribution in [0.15, 0.2) is 24.3 Å². The number of rotatable bonds is 2. The number of carbonyl (C=O) groups excluding carboxylic acids is 1. The predicted molar refractivity (Wildman–Crippen MR) is 86.0 cm³/mol. The van der Waals surface area contributed by atoms with Gasteiger partial charge in [0.25, 0.3) is 0 Å². The minimum atomic E-state index is -0.00516. The molecule has 0 saturated carbocycles. The predicted octanol–water partition coefficient (Wildman–Crippen LogP) is 3.07. The first-order valence-electron chi connectivity index (χ1n) is 7.86. The van der Waals surface area contributed by atoms with Crippen molar-refractivity contribution in [1.29, 1.82) is 0 Å². The van der Waals surface area contributed by atoms with Gasteiger partial charge in [-0.25, -0.2) is 0 Å². The fraction of sp³-hybridized carbons (Fsp3) is 0.588. The van der Waals surface area contributed by atoms with Crippen LogP contribution in [0.4, 0.5) is 5.69 Å². The maximum absolute atomic E-state index is 13.0. The number of hydrogen-bond acceptors (Lipinski definition) is 4. The minimum absolute atomic E-state index is 0.00516. The smallest absolute Gasteiger partial charge is 0.145 e. The third-order valence-electron chi connectivity index (χ3n) is 5.14. The number of ketones is 1. The quantitative estimate of drug-likeness (QED) is 0.911. The van der Waals surface area contributed by atoms with E-state index in [1.54, 1.807) is 0 Å². The van der Waals surface area contributed by atoms with Crippen molar-refractivity contribution in [3.63, 3.8) is 0 Å². The molecule has 0 bridgehead atoms. The zero-order valence-electron chi connectivity index (χ0n) is 12.1. The highest BCUT2D eigenvalue weighted by molar-refractivity contribution is 7.99. The zero-order chi connectivity index (χ0) is 14.3. The maximum atomic E-state index is 13.0. The topological polar surface area (TPSA) is 38.3 Å². The summed E-state index contributed by atoms with van der Waals surface area (Å²) in [4.78, 5) is 13.0. The molecule has 0 aromatic heterocycles. The van der Waals surface area contributed by atoms with E-state index in [1.807, 2.05) is 23.9 Å². The summed E-state index contributed by atoms with van der Waals surface area (Å²) in [5.41, 5.74) is 2.31. The van der Waals surface area contributed by atoms with E-state index >= 15 is 0 Å². The molecule has 3 aliphatic rings. The number of Topliss-reactive ketones (excluding diaryl/α,β-unsaturated/α-hetero) is 1. The second kappa shape index (κ2) is 5.33. The molecule has 3 nitrogen and oxygen atoms in total. The molecule has 1 spiro atoms. The van der Waals surface area contributed by atoms with Crippen LogP contribution in [-0.4, -0.2) is 36.0 Å². The van der Waals surface area contributed by atoms with Gasteiger partial charge in [0.15, 0.2) is 0 Å². The van der Waals surface area contributed by atoms with E-state index in [0.717, 1.165) is 43.9 Å². The third-order valence-corrected chi connectivity index (χ3v) is 6.36. The molecular weight excluding hydrogens is 282 g/mol. The van der Waals surface area contributed by atoms with Crippen molar-refractivity contribution >= 4 is 23.2 Å². The van der Waals surface area contributed by atoms with Crippen molar-refractivity contribution in [3.05, 3.63) is 29.8 Å². The lowest BCUT2D eigenvalue weighted by Crippen LogP contribution is -2.43. The third kappa shape index (κ3) is 2.38. The Bertz CT molecular complexity index is 553. The van der Waals surface area contributed by atoms with Crippen LogP contribution in [0.3, 0.4) is 0 Å². The highest BCUT2D eigenvalue weighted by Crippen LogP contribution is 2.43. The highest BCUT2D eigenvalue weighted by atomic mass is 32.2. The van der Waals surface area contributed by atoms with Crippen LogP contribution in [0.1, 0.15) is 30.7 Å². The molecular formula is C17H21NO2S. The lowest BCUT2D eigenvalue weighted by molar-refractivity contribution is -0.135. The molecule has 0 aliphatic carbocycles. The van der Waals surface area contributed by atoms with Crippen molar-refractivity contribution in [2.75, 3.05) is 30.0 Å². The van der Waals surface area contributed by atoms with Crippen LogP contribution in [-0.2, 0) is 9.53 Å². The number of nitrogens with one attached hydrogen (secondary N) is 1. The molecule has 112 valence electrons. The largest absolute Gasteiger partial charge is 0.384 e. The Morgan fingerprint density at radius 3 is 3.14 bits per heavy atom. The van der Waals surface area contributed by atoms with Gasteiger partial charge in [-0.2, -0.15) is 11.8 Å². The zero-order valence-corrected chi connectivity index (χ0v) is 13.0. The number of benzene rings is 1. The van der Waals surface area contributed by atoms with Gasteiger partial charge in [-0.3, -0.25) is 4.79 Å². The minimum Gasteiger partial charge on any atom is -0.384 e. The SMILES string of the molecule is O=C(C1CCOC2(CCSC2)C1)C1CNc2ccccc21. The van der Waals surface area contributed by atoms with Crippen LogP contribution >= 0.6 is 11.8 Å². The number of fused-ring (bicyclic) bond motifs is 1. The van der Waals surface area contributed by atoms with E-state index in [1.165, 1.54) is 11.3 Å². The number of para-hydroxylation sites is 1. The summed E-state index contributed by atoms with van der Waals surface area (Å²) >= 11 is 1.97. The monoisotopic (exact) mass is 303 g/mol. The fourth-order valence-corrected chi connectivity index (χ4v) is 5.33. The second-order valence-electron chi connectivity index (χ2n) is 6.45. The molecule has 2 fully saturated rings. The fourth-order valence-electron chi connectivity index (χ4n) is 3.96. The van der Waals surface area contributed by atoms with Crippen molar-refractivity contribution in [2.24, 2.45) is 5.92 Å². The summed E-state index contributed by atoms with van der Waals surface area (Å²) < 4.78 is 6.05. The molecule has 0 radical (unpaired) electrons. The van der Waals surface area contributed by atoms with Gasteiger partial charge in [0.1, 0.15) is 5.78 Å². The van der Waals surface area contributed by atoms with Crippen molar-refractivity contribution in [3.8, 4) is 0 Å². The average Bonchev–Trinajstić information content (AvgIpc) is 3.14. The van der Waals surface area contributed by atoms with Gasteiger partial charge in [-0.15, -0.1) is 0 Å². The molecule has 0 amide bonds. The molecule has 1 aromatic carbocycles. The van der Waals surface area contributed by atoms with E-state index in [4.69, 9.17) is 4.74 Å². The van der Waals surface area contributed by atoms with Crippen LogP contribution in [0.2, 0.25) is 0 Å². The molecule has 4 heteroatoms. The Kier molecular flexibility index (Phi) is 3.46. The Balaban J connectivity index is 1.53. The molecule has 3 unspecified atom stereocenters. The van der Waals surface area contributed by atoms with Crippen LogP contribution in [0, 0.1) is 5.92 Å². The summed E-state index contributed by atoms with van der Waals surface area (Å²) in [6.45, 7) is 1.51. The first kappa shape index (κ1) is 13.6. The molecule has 1 aromatic rings. The van der Waals surface area contributed by atoms with Crippen molar-refractivity contribution in [1.82, 2.24) is 0 Å². The summed E-state index contributed by atoms with van der Waals surface area (Å²) in [6.07, 6.45) is 2.93. The Hall–Kier alpha value is -1.00. The Labute approximate surface area is 129 Å². The number of anilines is 1. The van der Waals surface area contributed by atoms with Gasteiger partial charge in [-0.1, -0.05) is 18.2 Å². The normalized spacial score (nSPS) is 34.7. The number of hydrogen-bond donors (Lipinski definition) is 1. The highest BCUT2D eigenvalue weighted by Gasteiger charge is 2.44. The van der Waals surface area contributed by atoms with Gasteiger partial charge in [0, 0.05) is 30.5 Å². The summed E-state index contributed by atoms with van der Waals surface area (Å²) in [6, 6.07) is 8.23. The van der Waals surface area contributed by atoms with E-state index < -0.39 is 0 Å². The molecule has 2 saturated heterocycles. The Morgan fingerprint density at radius 1 is 1.38 bits per heavy atom. The van der Waals surface area contributed by atoms with Gasteiger partial charge in [0.2, 0.25) is 0 Å². The molecule has 21 heavy (non-hydrogen) atoms. The van der Waals surface area contributed by atoms with Crippen LogP contribution in [0.5, 0.6) is 0 Å². The number of thioether (sulfide) groups is 1.